The SMILES string of the molecule is COc1ccc(/C=C2\S/C(=N/N=C\c3cc(Cl)ccc3O)N(Cc3ccco3)C2=O)cc1. The number of carbonyl (C=O) groups is 1. The number of rotatable bonds is 6. The minimum Gasteiger partial charge on any atom is -0.507 e. The Kier molecular flexibility index (Phi) is 6.63. The smallest absolute Gasteiger partial charge is 0.267 e. The number of thioether (sulfide) groups is 1. The Labute approximate surface area is 193 Å². The van der Waals surface area contributed by atoms with Crippen molar-refractivity contribution in [3.8, 4) is 11.5 Å². The number of ether oxygens (including phenoxy) is 1. The van der Waals surface area contributed by atoms with Crippen LogP contribution in [0.4, 0.5) is 0 Å². The van der Waals surface area contributed by atoms with Gasteiger partial charge in [0.1, 0.15) is 17.3 Å². The van der Waals surface area contributed by atoms with E-state index in [1.165, 1.54) is 28.9 Å². The number of hydrogen-bond donors (Lipinski definition) is 1. The molecule has 0 spiro atoms. The number of amides is 1. The quantitative estimate of drug-likeness (QED) is 0.307. The average molecular weight is 468 g/mol. The summed E-state index contributed by atoms with van der Waals surface area (Å²) in [6, 6.07) is 15.6. The molecular weight excluding hydrogens is 450 g/mol. The fraction of sp³-hybridized carbons (Fsp3) is 0.0870. The van der Waals surface area contributed by atoms with Gasteiger partial charge in [0, 0.05) is 10.6 Å². The maximum absolute atomic E-state index is 13.1. The number of benzene rings is 2. The van der Waals surface area contributed by atoms with Gasteiger partial charge in [0.15, 0.2) is 5.17 Å². The summed E-state index contributed by atoms with van der Waals surface area (Å²) in [5, 5.41) is 19.1. The van der Waals surface area contributed by atoms with Crippen LogP contribution in [0.3, 0.4) is 0 Å². The van der Waals surface area contributed by atoms with Crippen LogP contribution in [-0.4, -0.2) is 34.4 Å². The van der Waals surface area contributed by atoms with Crippen molar-refractivity contribution >= 4 is 46.7 Å². The van der Waals surface area contributed by atoms with Crippen LogP contribution in [0, 0.1) is 0 Å². The lowest BCUT2D eigenvalue weighted by Gasteiger charge is -2.12. The molecule has 4 rings (SSSR count). The van der Waals surface area contributed by atoms with E-state index >= 15 is 0 Å². The first-order chi connectivity index (χ1) is 15.5. The molecule has 0 unspecified atom stereocenters. The molecule has 1 aliphatic rings. The van der Waals surface area contributed by atoms with E-state index < -0.39 is 0 Å². The van der Waals surface area contributed by atoms with Crippen molar-refractivity contribution in [1.29, 1.82) is 0 Å². The Bertz CT molecular complexity index is 1200. The van der Waals surface area contributed by atoms with E-state index in [9.17, 15) is 9.90 Å². The van der Waals surface area contributed by atoms with E-state index in [0.717, 1.165) is 11.3 Å². The zero-order valence-electron chi connectivity index (χ0n) is 16.9. The fourth-order valence-electron chi connectivity index (χ4n) is 2.90. The molecule has 2 heterocycles. The van der Waals surface area contributed by atoms with Crippen molar-refractivity contribution in [2.45, 2.75) is 6.54 Å². The highest BCUT2D eigenvalue weighted by Crippen LogP contribution is 2.34. The van der Waals surface area contributed by atoms with Gasteiger partial charge in [-0.15, -0.1) is 5.10 Å². The Hall–Kier alpha value is -3.49. The summed E-state index contributed by atoms with van der Waals surface area (Å²) in [5.41, 5.74) is 1.27. The Morgan fingerprint density at radius 1 is 1.22 bits per heavy atom. The number of aromatic hydroxyl groups is 1. The summed E-state index contributed by atoms with van der Waals surface area (Å²) in [5.74, 6) is 1.18. The second-order valence-electron chi connectivity index (χ2n) is 6.68. The van der Waals surface area contributed by atoms with Crippen molar-refractivity contribution in [2.75, 3.05) is 7.11 Å². The van der Waals surface area contributed by atoms with Crippen LogP contribution in [-0.2, 0) is 11.3 Å². The van der Waals surface area contributed by atoms with Gasteiger partial charge < -0.3 is 14.3 Å². The topological polar surface area (TPSA) is 87.6 Å². The van der Waals surface area contributed by atoms with Gasteiger partial charge in [-0.3, -0.25) is 9.69 Å². The number of furan rings is 1. The molecule has 1 amide bonds. The van der Waals surface area contributed by atoms with Gasteiger partial charge in [-0.1, -0.05) is 23.7 Å². The number of phenolic OH excluding ortho intramolecular Hbond substituents is 1. The number of amidine groups is 1. The van der Waals surface area contributed by atoms with Crippen LogP contribution < -0.4 is 4.74 Å². The van der Waals surface area contributed by atoms with E-state index in [4.69, 9.17) is 20.8 Å². The van der Waals surface area contributed by atoms with E-state index in [1.54, 1.807) is 43.7 Å². The van der Waals surface area contributed by atoms with E-state index in [1.807, 2.05) is 24.3 Å². The maximum Gasteiger partial charge on any atom is 0.267 e. The molecule has 0 radical (unpaired) electrons. The molecule has 1 saturated heterocycles. The highest BCUT2D eigenvalue weighted by Gasteiger charge is 2.34. The van der Waals surface area contributed by atoms with Crippen LogP contribution in [0.5, 0.6) is 11.5 Å². The molecule has 0 atom stereocenters. The number of hydrogen-bond acceptors (Lipinski definition) is 7. The molecular formula is C23H18ClN3O4S. The van der Waals surface area contributed by atoms with Crippen LogP contribution in [0.1, 0.15) is 16.9 Å². The molecule has 0 bridgehead atoms. The second-order valence-corrected chi connectivity index (χ2v) is 8.13. The average Bonchev–Trinajstić information content (AvgIpc) is 3.41. The van der Waals surface area contributed by atoms with Crippen LogP contribution in [0.15, 0.2) is 80.4 Å². The lowest BCUT2D eigenvalue weighted by atomic mass is 10.2. The number of nitrogens with zero attached hydrogens (tertiary/aromatic N) is 3. The third kappa shape index (κ3) is 5.04. The van der Waals surface area contributed by atoms with Crippen molar-refractivity contribution in [3.05, 3.63) is 87.7 Å². The summed E-state index contributed by atoms with van der Waals surface area (Å²) < 4.78 is 10.6. The van der Waals surface area contributed by atoms with Gasteiger partial charge in [0.25, 0.3) is 5.91 Å². The van der Waals surface area contributed by atoms with Crippen molar-refractivity contribution < 1.29 is 19.1 Å². The highest BCUT2D eigenvalue weighted by atomic mass is 35.5. The summed E-state index contributed by atoms with van der Waals surface area (Å²) >= 11 is 7.18. The molecule has 1 aliphatic heterocycles. The molecule has 32 heavy (non-hydrogen) atoms. The normalized spacial score (nSPS) is 16.6. The monoisotopic (exact) mass is 467 g/mol. The third-order valence-electron chi connectivity index (χ3n) is 4.53. The number of halogens is 1. The number of phenols is 1. The Balaban J connectivity index is 1.62. The van der Waals surface area contributed by atoms with Gasteiger partial charge in [-0.2, -0.15) is 5.10 Å². The van der Waals surface area contributed by atoms with Crippen molar-refractivity contribution in [3.63, 3.8) is 0 Å². The highest BCUT2D eigenvalue weighted by molar-refractivity contribution is 8.18. The zero-order chi connectivity index (χ0) is 22.5. The van der Waals surface area contributed by atoms with E-state index in [0.29, 0.717) is 26.4 Å². The van der Waals surface area contributed by atoms with Crippen molar-refractivity contribution in [1.82, 2.24) is 4.90 Å². The van der Waals surface area contributed by atoms with Gasteiger partial charge >= 0.3 is 0 Å². The maximum atomic E-state index is 13.1. The second kappa shape index (κ2) is 9.76. The van der Waals surface area contributed by atoms with Gasteiger partial charge in [-0.25, -0.2) is 0 Å². The largest absolute Gasteiger partial charge is 0.507 e. The molecule has 7 nitrogen and oxygen atoms in total. The Morgan fingerprint density at radius 3 is 2.75 bits per heavy atom. The molecule has 1 N–H and O–H groups in total. The summed E-state index contributed by atoms with van der Waals surface area (Å²) in [6.45, 7) is 0.218. The van der Waals surface area contributed by atoms with Crippen LogP contribution in [0.2, 0.25) is 5.02 Å². The van der Waals surface area contributed by atoms with Crippen molar-refractivity contribution in [2.24, 2.45) is 10.2 Å². The minimum atomic E-state index is -0.207. The van der Waals surface area contributed by atoms with E-state index in [2.05, 4.69) is 10.2 Å². The summed E-state index contributed by atoms with van der Waals surface area (Å²) in [4.78, 5) is 15.1. The molecule has 0 aliphatic carbocycles. The third-order valence-corrected chi connectivity index (χ3v) is 5.76. The predicted molar refractivity (Wildman–Crippen MR) is 126 cm³/mol. The van der Waals surface area contributed by atoms with Gasteiger partial charge in [0.2, 0.25) is 0 Å². The summed E-state index contributed by atoms with van der Waals surface area (Å²) in [7, 11) is 1.60. The number of carbonyl (C=O) groups excluding carboxylic acids is 1. The van der Waals surface area contributed by atoms with Crippen LogP contribution in [0.25, 0.3) is 6.08 Å². The number of methoxy groups -OCH3 is 1. The lowest BCUT2D eigenvalue weighted by Crippen LogP contribution is -2.28. The molecule has 0 saturated carbocycles. The van der Waals surface area contributed by atoms with Crippen LogP contribution >= 0.6 is 23.4 Å². The van der Waals surface area contributed by atoms with Gasteiger partial charge in [-0.05, 0) is 65.9 Å². The lowest BCUT2D eigenvalue weighted by molar-refractivity contribution is -0.122. The fourth-order valence-corrected chi connectivity index (χ4v) is 4.02. The first kappa shape index (κ1) is 21.7. The standard InChI is InChI=1S/C23H18ClN3O4S/c1-30-18-7-4-15(5-8-18)11-21-22(29)27(14-19-3-2-10-31-19)23(32-21)26-25-13-16-12-17(24)6-9-20(16)28/h2-13,28H,14H2,1H3/b21-11-,25-13-,26-23+. The Morgan fingerprint density at radius 2 is 2.03 bits per heavy atom. The molecule has 162 valence electrons. The summed E-state index contributed by atoms with van der Waals surface area (Å²) in [6.07, 6.45) is 4.72. The van der Waals surface area contributed by atoms with Gasteiger partial charge in [0.05, 0.1) is 31.0 Å². The molecule has 3 aromatic rings. The molecule has 9 heteroatoms. The van der Waals surface area contributed by atoms with E-state index in [-0.39, 0.29) is 18.2 Å². The molecule has 2 aromatic carbocycles. The molecule has 1 fully saturated rings. The first-order valence-corrected chi connectivity index (χ1v) is 10.7. The first-order valence-electron chi connectivity index (χ1n) is 9.51. The molecule has 1 aromatic heterocycles. The zero-order valence-corrected chi connectivity index (χ0v) is 18.5. The minimum absolute atomic E-state index is 0.0287. The predicted octanol–water partition coefficient (Wildman–Crippen LogP) is 5.15.